The first-order chi connectivity index (χ1) is 17.9. The molecule has 0 bridgehead atoms. The van der Waals surface area contributed by atoms with Gasteiger partial charge in [-0.2, -0.15) is 18.4 Å². The first-order valence-corrected chi connectivity index (χ1v) is 12.1. The number of ether oxygens (including phenoxy) is 1. The topological polar surface area (TPSA) is 55.0 Å². The van der Waals surface area contributed by atoms with Gasteiger partial charge >= 0.3 is 6.18 Å². The van der Waals surface area contributed by atoms with E-state index < -0.39 is 22.9 Å². The molecule has 0 aliphatic heterocycles. The van der Waals surface area contributed by atoms with Crippen LogP contribution in [0.2, 0.25) is 0 Å². The van der Waals surface area contributed by atoms with E-state index in [1.807, 2.05) is 64.1 Å². The first-order valence-electron chi connectivity index (χ1n) is 12.1. The summed E-state index contributed by atoms with van der Waals surface area (Å²) in [4.78, 5) is 13.3. The third-order valence-electron chi connectivity index (χ3n) is 6.57. The maximum atomic E-state index is 13.9. The van der Waals surface area contributed by atoms with E-state index in [1.54, 1.807) is 25.1 Å². The van der Waals surface area contributed by atoms with E-state index >= 15 is 0 Å². The highest BCUT2D eigenvalue weighted by Gasteiger charge is 2.36. The summed E-state index contributed by atoms with van der Waals surface area (Å²) >= 11 is 0. The summed E-state index contributed by atoms with van der Waals surface area (Å²) in [5.41, 5.74) is 2.78. The maximum absolute atomic E-state index is 13.9. The normalized spacial score (nSPS) is 11.3. The SMILES string of the molecule is Cc1ccc(Cn2c(-c3ccc(Oc4ccc(C)cc4C)c(C)c3)cc(C(F)(F)F)c(C#N)c2=O)c(C)c1. The van der Waals surface area contributed by atoms with E-state index in [9.17, 15) is 23.2 Å². The fraction of sp³-hybridized carbons (Fsp3) is 0.226. The van der Waals surface area contributed by atoms with Crippen LogP contribution in [-0.4, -0.2) is 4.57 Å². The Hall–Kier alpha value is -4.31. The monoisotopic (exact) mass is 516 g/mol. The minimum atomic E-state index is -4.86. The highest BCUT2D eigenvalue weighted by molar-refractivity contribution is 5.65. The van der Waals surface area contributed by atoms with Crippen molar-refractivity contribution < 1.29 is 17.9 Å². The number of benzene rings is 3. The van der Waals surface area contributed by atoms with Gasteiger partial charge in [-0.05, 0) is 92.8 Å². The number of pyridine rings is 1. The Morgan fingerprint density at radius 1 is 0.816 bits per heavy atom. The summed E-state index contributed by atoms with van der Waals surface area (Å²) < 4.78 is 49.1. The summed E-state index contributed by atoms with van der Waals surface area (Å²) in [5, 5.41) is 9.49. The highest BCUT2D eigenvalue weighted by atomic mass is 19.4. The van der Waals surface area contributed by atoms with Crippen molar-refractivity contribution in [3.05, 3.63) is 116 Å². The van der Waals surface area contributed by atoms with Crippen LogP contribution in [0.15, 0.2) is 65.5 Å². The van der Waals surface area contributed by atoms with Crippen molar-refractivity contribution in [2.75, 3.05) is 0 Å². The number of hydrogen-bond donors (Lipinski definition) is 0. The second kappa shape index (κ2) is 10.2. The fourth-order valence-corrected chi connectivity index (χ4v) is 4.52. The number of nitrogens with zero attached hydrogens (tertiary/aromatic N) is 2. The lowest BCUT2D eigenvalue weighted by atomic mass is 10.0. The smallest absolute Gasteiger partial charge is 0.417 e. The lowest BCUT2D eigenvalue weighted by molar-refractivity contribution is -0.137. The van der Waals surface area contributed by atoms with Crippen LogP contribution in [0, 0.1) is 45.9 Å². The quantitative estimate of drug-likeness (QED) is 0.272. The standard InChI is InChI=1S/C31H27F3N2O2/c1-18-6-8-24(20(3)12-18)17-36-27(15-26(31(32,33)34)25(16-35)30(36)37)23-9-11-29(22(5)14-23)38-28-10-7-19(2)13-21(28)4/h6-15H,17H2,1-5H3. The van der Waals surface area contributed by atoms with Gasteiger partial charge in [0.25, 0.3) is 5.56 Å². The van der Waals surface area contributed by atoms with Crippen LogP contribution in [-0.2, 0) is 12.7 Å². The van der Waals surface area contributed by atoms with Crippen molar-refractivity contribution in [2.45, 2.75) is 47.3 Å². The molecule has 194 valence electrons. The second-order valence-corrected chi connectivity index (χ2v) is 9.60. The molecule has 0 unspecified atom stereocenters. The molecular weight excluding hydrogens is 489 g/mol. The zero-order chi connectivity index (χ0) is 27.8. The Bertz CT molecular complexity index is 1640. The van der Waals surface area contributed by atoms with E-state index in [0.29, 0.717) is 22.6 Å². The molecule has 4 nitrogen and oxygen atoms in total. The van der Waals surface area contributed by atoms with Gasteiger partial charge in [0.15, 0.2) is 0 Å². The molecular formula is C31H27F3N2O2. The summed E-state index contributed by atoms with van der Waals surface area (Å²) in [5.74, 6) is 1.23. The van der Waals surface area contributed by atoms with Gasteiger partial charge in [0, 0.05) is 0 Å². The third-order valence-corrected chi connectivity index (χ3v) is 6.57. The molecule has 0 spiro atoms. The van der Waals surface area contributed by atoms with Crippen LogP contribution in [0.25, 0.3) is 11.3 Å². The van der Waals surface area contributed by atoms with Crippen molar-refractivity contribution in [3.63, 3.8) is 0 Å². The van der Waals surface area contributed by atoms with Crippen LogP contribution in [0.1, 0.15) is 44.5 Å². The third kappa shape index (κ3) is 5.35. The summed E-state index contributed by atoms with van der Waals surface area (Å²) in [6.45, 7) is 9.56. The van der Waals surface area contributed by atoms with Gasteiger partial charge in [-0.1, -0.05) is 41.5 Å². The number of hydrogen-bond acceptors (Lipinski definition) is 3. The average molecular weight is 517 g/mol. The Labute approximate surface area is 219 Å². The molecule has 38 heavy (non-hydrogen) atoms. The number of aryl methyl sites for hydroxylation is 5. The molecule has 4 rings (SSSR count). The van der Waals surface area contributed by atoms with Crippen LogP contribution >= 0.6 is 0 Å². The molecule has 4 aromatic rings. The van der Waals surface area contributed by atoms with E-state index in [4.69, 9.17) is 4.74 Å². The molecule has 0 amide bonds. The van der Waals surface area contributed by atoms with Crippen molar-refractivity contribution in [1.29, 1.82) is 5.26 Å². The molecule has 3 aromatic carbocycles. The first kappa shape index (κ1) is 26.7. The number of aromatic nitrogens is 1. The van der Waals surface area contributed by atoms with Gasteiger partial charge < -0.3 is 9.30 Å². The van der Waals surface area contributed by atoms with Gasteiger partial charge in [-0.15, -0.1) is 0 Å². The van der Waals surface area contributed by atoms with Crippen molar-refractivity contribution >= 4 is 0 Å². The summed E-state index contributed by atoms with van der Waals surface area (Å²) in [7, 11) is 0. The Balaban J connectivity index is 1.87. The highest BCUT2D eigenvalue weighted by Crippen LogP contribution is 2.36. The lowest BCUT2D eigenvalue weighted by Gasteiger charge is -2.19. The molecule has 0 aliphatic carbocycles. The lowest BCUT2D eigenvalue weighted by Crippen LogP contribution is -2.29. The van der Waals surface area contributed by atoms with Gasteiger partial charge in [-0.3, -0.25) is 4.79 Å². The Morgan fingerprint density at radius 3 is 1.95 bits per heavy atom. The van der Waals surface area contributed by atoms with Gasteiger partial charge in [0.1, 0.15) is 23.1 Å². The molecule has 0 saturated carbocycles. The van der Waals surface area contributed by atoms with Crippen LogP contribution in [0.4, 0.5) is 13.2 Å². The number of halogens is 3. The predicted molar refractivity (Wildman–Crippen MR) is 142 cm³/mol. The second-order valence-electron chi connectivity index (χ2n) is 9.60. The summed E-state index contributed by atoms with van der Waals surface area (Å²) in [6, 6.07) is 18.9. The molecule has 7 heteroatoms. The van der Waals surface area contributed by atoms with Gasteiger partial charge in [-0.25, -0.2) is 0 Å². The molecule has 0 atom stereocenters. The van der Waals surface area contributed by atoms with Crippen LogP contribution in [0.3, 0.4) is 0 Å². The average Bonchev–Trinajstić information content (AvgIpc) is 2.83. The predicted octanol–water partition coefficient (Wildman–Crippen LogP) is 7.79. The molecule has 0 N–H and O–H groups in total. The maximum Gasteiger partial charge on any atom is 0.417 e. The molecule has 1 heterocycles. The van der Waals surface area contributed by atoms with Gasteiger partial charge in [0.05, 0.1) is 17.8 Å². The van der Waals surface area contributed by atoms with Crippen molar-refractivity contribution in [3.8, 4) is 28.8 Å². The summed E-state index contributed by atoms with van der Waals surface area (Å²) in [6.07, 6.45) is -4.86. The minimum Gasteiger partial charge on any atom is -0.457 e. The number of alkyl halides is 3. The van der Waals surface area contributed by atoms with E-state index in [0.717, 1.165) is 33.9 Å². The number of rotatable bonds is 5. The number of nitriles is 1. The van der Waals surface area contributed by atoms with E-state index in [2.05, 4.69) is 0 Å². The Kier molecular flexibility index (Phi) is 7.19. The zero-order valence-electron chi connectivity index (χ0n) is 21.8. The minimum absolute atomic E-state index is 0.0208. The van der Waals surface area contributed by atoms with Gasteiger partial charge in [0.2, 0.25) is 0 Å². The Morgan fingerprint density at radius 2 is 1.39 bits per heavy atom. The van der Waals surface area contributed by atoms with Crippen molar-refractivity contribution in [2.24, 2.45) is 0 Å². The molecule has 0 radical (unpaired) electrons. The molecule has 0 aliphatic rings. The van der Waals surface area contributed by atoms with Crippen LogP contribution in [0.5, 0.6) is 11.5 Å². The molecule has 0 fully saturated rings. The molecule has 0 saturated heterocycles. The zero-order valence-corrected chi connectivity index (χ0v) is 21.8. The largest absolute Gasteiger partial charge is 0.457 e. The van der Waals surface area contributed by atoms with E-state index in [1.165, 1.54) is 10.6 Å². The van der Waals surface area contributed by atoms with E-state index in [-0.39, 0.29) is 12.2 Å². The fourth-order valence-electron chi connectivity index (χ4n) is 4.52. The van der Waals surface area contributed by atoms with Crippen molar-refractivity contribution in [1.82, 2.24) is 4.57 Å². The molecule has 1 aromatic heterocycles. The van der Waals surface area contributed by atoms with Crippen LogP contribution < -0.4 is 10.3 Å².